The molecule has 1 aromatic carbocycles. The number of hydrogen-bond acceptors (Lipinski definition) is 5. The lowest BCUT2D eigenvalue weighted by molar-refractivity contribution is -0.121. The van der Waals surface area contributed by atoms with Crippen LogP contribution in [0.15, 0.2) is 47.3 Å². The van der Waals surface area contributed by atoms with Crippen LogP contribution in [-0.4, -0.2) is 48.9 Å². The first kappa shape index (κ1) is 17.9. The number of rotatable bonds is 7. The summed E-state index contributed by atoms with van der Waals surface area (Å²) in [6, 6.07) is 8.33. The van der Waals surface area contributed by atoms with Gasteiger partial charge in [-0.05, 0) is 68.4 Å². The zero-order chi connectivity index (χ0) is 18.8. The Morgan fingerprint density at radius 1 is 1.26 bits per heavy atom. The van der Waals surface area contributed by atoms with E-state index in [1.807, 2.05) is 18.5 Å². The van der Waals surface area contributed by atoms with Crippen molar-refractivity contribution in [2.75, 3.05) is 27.2 Å². The number of nitrogens with zero attached hydrogens (tertiary/aromatic N) is 2. The molecule has 1 aliphatic heterocycles. The van der Waals surface area contributed by atoms with Crippen molar-refractivity contribution in [2.45, 2.75) is 25.3 Å². The number of nitrogens with one attached hydrogen (secondary N) is 1. The van der Waals surface area contributed by atoms with Crippen LogP contribution >= 0.6 is 0 Å². The molecule has 1 N–H and O–H groups in total. The van der Waals surface area contributed by atoms with Gasteiger partial charge in [-0.2, -0.15) is 0 Å². The van der Waals surface area contributed by atoms with E-state index in [2.05, 4.69) is 47.5 Å². The van der Waals surface area contributed by atoms with Crippen LogP contribution in [-0.2, 0) is 17.6 Å². The van der Waals surface area contributed by atoms with Gasteiger partial charge in [0.25, 0.3) is 0 Å². The Morgan fingerprint density at radius 2 is 2.11 bits per heavy atom. The van der Waals surface area contributed by atoms with Gasteiger partial charge in [-0.3, -0.25) is 9.78 Å². The molecule has 5 nitrogen and oxygen atoms in total. The molecule has 0 bridgehead atoms. The summed E-state index contributed by atoms with van der Waals surface area (Å²) in [5, 5.41) is 4.32. The highest BCUT2D eigenvalue weighted by Gasteiger charge is 2.24. The van der Waals surface area contributed by atoms with E-state index >= 15 is 0 Å². The van der Waals surface area contributed by atoms with Gasteiger partial charge in [0, 0.05) is 36.3 Å². The number of hydrogen-bond donors (Lipinski definition) is 1. The monoisotopic (exact) mass is 363 g/mol. The lowest BCUT2D eigenvalue weighted by Gasteiger charge is -2.26. The Labute approximate surface area is 159 Å². The van der Waals surface area contributed by atoms with Gasteiger partial charge in [0.1, 0.15) is 5.58 Å². The molecule has 140 valence electrons. The van der Waals surface area contributed by atoms with E-state index in [0.29, 0.717) is 6.42 Å². The molecule has 0 amide bonds. The number of benzene rings is 1. The molecule has 5 heteroatoms. The molecule has 0 radical (unpaired) electrons. The summed E-state index contributed by atoms with van der Waals surface area (Å²) in [6.07, 6.45) is 7.83. The van der Waals surface area contributed by atoms with Gasteiger partial charge in [0.05, 0.1) is 12.3 Å². The lowest BCUT2D eigenvalue weighted by Crippen LogP contribution is -2.49. The van der Waals surface area contributed by atoms with E-state index < -0.39 is 0 Å². The average molecular weight is 363 g/mol. The highest BCUT2D eigenvalue weighted by molar-refractivity contribution is 5.88. The third-order valence-electron chi connectivity index (χ3n) is 5.20. The van der Waals surface area contributed by atoms with Crippen LogP contribution in [0.5, 0.6) is 0 Å². The van der Waals surface area contributed by atoms with Crippen molar-refractivity contribution < 1.29 is 9.21 Å². The predicted molar refractivity (Wildman–Crippen MR) is 107 cm³/mol. The van der Waals surface area contributed by atoms with Crippen LogP contribution in [0.1, 0.15) is 17.5 Å². The van der Waals surface area contributed by atoms with Crippen LogP contribution in [0.3, 0.4) is 0 Å². The average Bonchev–Trinajstić information content (AvgIpc) is 3.01. The molecule has 2 aromatic heterocycles. The first-order chi connectivity index (χ1) is 13.1. The van der Waals surface area contributed by atoms with Gasteiger partial charge >= 0.3 is 0 Å². The maximum absolute atomic E-state index is 12.2. The predicted octanol–water partition coefficient (Wildman–Crippen LogP) is 3.07. The summed E-state index contributed by atoms with van der Waals surface area (Å²) in [4.78, 5) is 18.8. The van der Waals surface area contributed by atoms with Crippen LogP contribution in [0.4, 0.5) is 0 Å². The minimum atomic E-state index is 0.0233. The van der Waals surface area contributed by atoms with E-state index in [0.717, 1.165) is 53.6 Å². The number of furan rings is 1. The van der Waals surface area contributed by atoms with Crippen LogP contribution < -0.4 is 5.32 Å². The second-order valence-corrected chi connectivity index (χ2v) is 7.55. The Hall–Kier alpha value is -2.50. The molecule has 3 heterocycles. The zero-order valence-corrected chi connectivity index (χ0v) is 15.9. The fourth-order valence-corrected chi connectivity index (χ4v) is 3.43. The third-order valence-corrected chi connectivity index (χ3v) is 5.20. The molecule has 1 saturated heterocycles. The lowest BCUT2D eigenvalue weighted by atomic mass is 9.96. The molecule has 27 heavy (non-hydrogen) atoms. The molecule has 3 aromatic rings. The standard InChI is InChI=1S/C22H25N3O2/c1-25(2)8-6-17-14-27-22-4-3-16(11-19(17)22)18-9-15(12-23-13-18)10-21(26)20-5-7-24-20/h3-4,9,11-14,20,24H,5-8,10H2,1-2H3. The van der Waals surface area contributed by atoms with Crippen molar-refractivity contribution in [3.05, 3.63) is 54.0 Å². The van der Waals surface area contributed by atoms with Gasteiger partial charge in [-0.1, -0.05) is 6.07 Å². The molecular formula is C22H25N3O2. The Morgan fingerprint density at radius 3 is 2.85 bits per heavy atom. The molecule has 4 rings (SSSR count). The second-order valence-electron chi connectivity index (χ2n) is 7.55. The summed E-state index contributed by atoms with van der Waals surface area (Å²) >= 11 is 0. The Balaban J connectivity index is 1.58. The number of Topliss-reactive ketones (excluding diaryl/α,β-unsaturated/α-hetero) is 1. The molecule has 1 aliphatic rings. The van der Waals surface area contributed by atoms with Gasteiger partial charge in [0.2, 0.25) is 0 Å². The maximum atomic E-state index is 12.2. The fourth-order valence-electron chi connectivity index (χ4n) is 3.43. The Bertz CT molecular complexity index is 957. The Kier molecular flexibility index (Phi) is 5.05. The largest absolute Gasteiger partial charge is 0.464 e. The number of pyridine rings is 1. The number of fused-ring (bicyclic) bond motifs is 1. The topological polar surface area (TPSA) is 58.4 Å². The fraction of sp³-hybridized carbons (Fsp3) is 0.364. The quantitative estimate of drug-likeness (QED) is 0.699. The number of carbonyl (C=O) groups is 1. The first-order valence-electron chi connectivity index (χ1n) is 9.45. The number of aromatic nitrogens is 1. The molecule has 1 fully saturated rings. The van der Waals surface area contributed by atoms with Crippen LogP contribution in [0.2, 0.25) is 0 Å². The summed E-state index contributed by atoms with van der Waals surface area (Å²) in [6.45, 7) is 1.92. The minimum absolute atomic E-state index is 0.0233. The van der Waals surface area contributed by atoms with E-state index in [-0.39, 0.29) is 11.8 Å². The van der Waals surface area contributed by atoms with Gasteiger partial charge in [-0.25, -0.2) is 0 Å². The summed E-state index contributed by atoms with van der Waals surface area (Å²) in [7, 11) is 4.15. The van der Waals surface area contributed by atoms with Crippen LogP contribution in [0, 0.1) is 0 Å². The molecule has 0 saturated carbocycles. The normalized spacial score (nSPS) is 16.6. The van der Waals surface area contributed by atoms with Crippen LogP contribution in [0.25, 0.3) is 22.1 Å². The highest BCUT2D eigenvalue weighted by atomic mass is 16.3. The number of carbonyl (C=O) groups excluding carboxylic acids is 1. The summed E-state index contributed by atoms with van der Waals surface area (Å²) in [5.41, 5.74) is 5.21. The van der Waals surface area contributed by atoms with Gasteiger partial charge in [0.15, 0.2) is 5.78 Å². The summed E-state index contributed by atoms with van der Waals surface area (Å²) in [5.74, 6) is 0.247. The molecule has 1 atom stereocenters. The van der Waals surface area contributed by atoms with E-state index in [1.165, 1.54) is 5.56 Å². The van der Waals surface area contributed by atoms with Crippen molar-refractivity contribution in [1.82, 2.24) is 15.2 Å². The maximum Gasteiger partial charge on any atom is 0.154 e. The van der Waals surface area contributed by atoms with Gasteiger partial charge in [-0.15, -0.1) is 0 Å². The SMILES string of the molecule is CN(C)CCc1coc2ccc(-c3cncc(CC(=O)C4CCN4)c3)cc12. The van der Waals surface area contributed by atoms with Crippen molar-refractivity contribution in [3.63, 3.8) is 0 Å². The molecule has 1 unspecified atom stereocenters. The molecule has 0 spiro atoms. The third kappa shape index (κ3) is 3.94. The molecule has 0 aliphatic carbocycles. The van der Waals surface area contributed by atoms with E-state index in [1.54, 1.807) is 6.20 Å². The number of ketones is 1. The van der Waals surface area contributed by atoms with Crippen molar-refractivity contribution in [3.8, 4) is 11.1 Å². The zero-order valence-electron chi connectivity index (χ0n) is 15.9. The van der Waals surface area contributed by atoms with Gasteiger partial charge < -0.3 is 14.6 Å². The second kappa shape index (κ2) is 7.62. The van der Waals surface area contributed by atoms with E-state index in [4.69, 9.17) is 4.42 Å². The first-order valence-corrected chi connectivity index (χ1v) is 9.45. The molecular weight excluding hydrogens is 338 g/mol. The van der Waals surface area contributed by atoms with Crippen molar-refractivity contribution in [1.29, 1.82) is 0 Å². The van der Waals surface area contributed by atoms with Crippen molar-refractivity contribution in [2.24, 2.45) is 0 Å². The smallest absolute Gasteiger partial charge is 0.154 e. The van der Waals surface area contributed by atoms with E-state index in [9.17, 15) is 4.79 Å². The summed E-state index contributed by atoms with van der Waals surface area (Å²) < 4.78 is 5.71. The number of likely N-dealkylation sites (N-methyl/N-ethyl adjacent to an activating group) is 1. The highest BCUT2D eigenvalue weighted by Crippen LogP contribution is 2.28. The van der Waals surface area contributed by atoms with Crippen molar-refractivity contribution >= 4 is 16.8 Å². The minimum Gasteiger partial charge on any atom is -0.464 e.